The molecule has 0 unspecified atom stereocenters. The smallest absolute Gasteiger partial charge is 0.302 e. The number of hydrogen-bond donors (Lipinski definition) is 1. The Morgan fingerprint density at radius 3 is 2.92 bits per heavy atom. The van der Waals surface area contributed by atoms with E-state index in [2.05, 4.69) is 15.9 Å². The average molecular weight is 245 g/mol. The molecule has 1 N–H and O–H groups in total. The predicted molar refractivity (Wildman–Crippen MR) is 51.3 cm³/mol. The molecule has 0 aromatic heterocycles. The third-order valence-electron chi connectivity index (χ3n) is 1.49. The fourth-order valence-electron chi connectivity index (χ4n) is 0.857. The van der Waals surface area contributed by atoms with Gasteiger partial charge in [-0.1, -0.05) is 12.1 Å². The van der Waals surface area contributed by atoms with Crippen molar-refractivity contribution in [3.8, 4) is 5.75 Å². The van der Waals surface area contributed by atoms with Gasteiger partial charge in [0.1, 0.15) is 12.4 Å². The highest BCUT2D eigenvalue weighted by Gasteiger charge is 2.04. The number of aromatic hydroxyl groups is 1. The van der Waals surface area contributed by atoms with E-state index < -0.39 is 0 Å². The van der Waals surface area contributed by atoms with Crippen LogP contribution in [0.25, 0.3) is 0 Å². The monoisotopic (exact) mass is 244 g/mol. The summed E-state index contributed by atoms with van der Waals surface area (Å²) < 4.78 is 5.35. The molecule has 1 aromatic carbocycles. The van der Waals surface area contributed by atoms with Crippen molar-refractivity contribution in [2.45, 2.75) is 13.5 Å². The second kappa shape index (κ2) is 4.28. The maximum Gasteiger partial charge on any atom is 0.302 e. The second-order valence-corrected chi connectivity index (χ2v) is 3.32. The molecule has 0 amide bonds. The molecular formula is C9H9BrO3. The van der Waals surface area contributed by atoms with E-state index >= 15 is 0 Å². The van der Waals surface area contributed by atoms with E-state index in [0.29, 0.717) is 4.47 Å². The minimum absolute atomic E-state index is 0.143. The lowest BCUT2D eigenvalue weighted by Gasteiger charge is -2.05. The van der Waals surface area contributed by atoms with Crippen LogP contribution in [0, 0.1) is 0 Å². The third kappa shape index (κ3) is 2.73. The highest BCUT2D eigenvalue weighted by molar-refractivity contribution is 9.10. The van der Waals surface area contributed by atoms with Gasteiger partial charge in [0.15, 0.2) is 0 Å². The summed E-state index contributed by atoms with van der Waals surface area (Å²) in [7, 11) is 0. The van der Waals surface area contributed by atoms with Crippen LogP contribution in [0.3, 0.4) is 0 Å². The largest absolute Gasteiger partial charge is 0.507 e. The molecule has 0 aliphatic heterocycles. The average Bonchev–Trinajstić information content (AvgIpc) is 2.07. The number of benzene rings is 1. The van der Waals surface area contributed by atoms with Gasteiger partial charge in [0.05, 0.1) is 4.47 Å². The van der Waals surface area contributed by atoms with E-state index in [0.717, 1.165) is 5.56 Å². The standard InChI is InChI=1S/C9H9BrO3/c1-6(11)13-5-7-3-2-4-8(12)9(7)10/h2-4,12H,5H2,1H3. The van der Waals surface area contributed by atoms with Crippen molar-refractivity contribution in [1.29, 1.82) is 0 Å². The van der Waals surface area contributed by atoms with Crippen LogP contribution in [0.15, 0.2) is 22.7 Å². The maximum atomic E-state index is 10.5. The minimum Gasteiger partial charge on any atom is -0.507 e. The zero-order chi connectivity index (χ0) is 9.84. The molecule has 1 aromatic rings. The first-order valence-corrected chi connectivity index (χ1v) is 4.50. The maximum absolute atomic E-state index is 10.5. The van der Waals surface area contributed by atoms with Crippen molar-refractivity contribution in [1.82, 2.24) is 0 Å². The molecule has 4 heteroatoms. The summed E-state index contributed by atoms with van der Waals surface area (Å²) in [4.78, 5) is 10.5. The van der Waals surface area contributed by atoms with Gasteiger partial charge in [-0.05, 0) is 22.0 Å². The SMILES string of the molecule is CC(=O)OCc1cccc(O)c1Br. The van der Waals surface area contributed by atoms with E-state index in [-0.39, 0.29) is 18.3 Å². The first kappa shape index (κ1) is 10.1. The Kier molecular flexibility index (Phi) is 3.31. The van der Waals surface area contributed by atoms with Gasteiger partial charge in [-0.25, -0.2) is 0 Å². The lowest BCUT2D eigenvalue weighted by Crippen LogP contribution is -1.99. The van der Waals surface area contributed by atoms with Gasteiger partial charge in [-0.3, -0.25) is 4.79 Å². The molecule has 0 radical (unpaired) electrons. The number of phenolic OH excluding ortho intramolecular Hbond substituents is 1. The summed E-state index contributed by atoms with van der Waals surface area (Å²) in [6.07, 6.45) is 0. The molecular weight excluding hydrogens is 236 g/mol. The molecule has 3 nitrogen and oxygen atoms in total. The molecule has 13 heavy (non-hydrogen) atoms. The quantitative estimate of drug-likeness (QED) is 0.812. The van der Waals surface area contributed by atoms with Crippen LogP contribution < -0.4 is 0 Å². The van der Waals surface area contributed by atoms with Crippen LogP contribution >= 0.6 is 15.9 Å². The first-order chi connectivity index (χ1) is 6.11. The third-order valence-corrected chi connectivity index (χ3v) is 2.40. The van der Waals surface area contributed by atoms with Crippen molar-refractivity contribution in [2.24, 2.45) is 0 Å². The number of halogens is 1. The lowest BCUT2D eigenvalue weighted by molar-refractivity contribution is -0.142. The Bertz CT molecular complexity index is 323. The van der Waals surface area contributed by atoms with Crippen molar-refractivity contribution >= 4 is 21.9 Å². The molecule has 0 saturated carbocycles. The fraction of sp³-hybridized carbons (Fsp3) is 0.222. The lowest BCUT2D eigenvalue weighted by atomic mass is 10.2. The van der Waals surface area contributed by atoms with Gasteiger partial charge < -0.3 is 9.84 Å². The van der Waals surface area contributed by atoms with Gasteiger partial charge in [-0.2, -0.15) is 0 Å². The number of esters is 1. The Balaban J connectivity index is 2.77. The fourth-order valence-corrected chi connectivity index (χ4v) is 1.24. The molecule has 0 saturated heterocycles. The first-order valence-electron chi connectivity index (χ1n) is 3.71. The number of phenols is 1. The van der Waals surface area contributed by atoms with Crippen molar-refractivity contribution < 1.29 is 14.6 Å². The van der Waals surface area contributed by atoms with Gasteiger partial charge in [-0.15, -0.1) is 0 Å². The van der Waals surface area contributed by atoms with Crippen LogP contribution in [-0.2, 0) is 16.1 Å². The topological polar surface area (TPSA) is 46.5 Å². The normalized spacial score (nSPS) is 9.69. The number of rotatable bonds is 2. The summed E-state index contributed by atoms with van der Waals surface area (Å²) in [5.74, 6) is -0.195. The summed E-state index contributed by atoms with van der Waals surface area (Å²) in [6.45, 7) is 1.51. The van der Waals surface area contributed by atoms with Gasteiger partial charge in [0, 0.05) is 12.5 Å². The van der Waals surface area contributed by atoms with Gasteiger partial charge in [0.2, 0.25) is 0 Å². The highest BCUT2D eigenvalue weighted by atomic mass is 79.9. The van der Waals surface area contributed by atoms with Crippen molar-refractivity contribution in [3.05, 3.63) is 28.2 Å². The Morgan fingerprint density at radius 2 is 2.31 bits per heavy atom. The molecule has 0 fully saturated rings. The molecule has 0 bridgehead atoms. The van der Waals surface area contributed by atoms with Crippen LogP contribution in [0.5, 0.6) is 5.75 Å². The Hall–Kier alpha value is -1.03. The highest BCUT2D eigenvalue weighted by Crippen LogP contribution is 2.27. The number of hydrogen-bond acceptors (Lipinski definition) is 3. The molecule has 0 spiro atoms. The predicted octanol–water partition coefficient (Wildman–Crippen LogP) is 2.22. The van der Waals surface area contributed by atoms with Gasteiger partial charge in [0.25, 0.3) is 0 Å². The summed E-state index contributed by atoms with van der Waals surface area (Å²) >= 11 is 3.19. The number of carbonyl (C=O) groups is 1. The van der Waals surface area contributed by atoms with Crippen molar-refractivity contribution in [3.63, 3.8) is 0 Å². The van der Waals surface area contributed by atoms with E-state index in [1.54, 1.807) is 18.2 Å². The minimum atomic E-state index is -0.338. The van der Waals surface area contributed by atoms with Crippen LogP contribution in [-0.4, -0.2) is 11.1 Å². The van der Waals surface area contributed by atoms with Gasteiger partial charge >= 0.3 is 5.97 Å². The van der Waals surface area contributed by atoms with E-state index in [1.165, 1.54) is 6.92 Å². The zero-order valence-electron chi connectivity index (χ0n) is 7.08. The molecule has 70 valence electrons. The van der Waals surface area contributed by atoms with E-state index in [9.17, 15) is 9.90 Å². The van der Waals surface area contributed by atoms with Crippen LogP contribution in [0.4, 0.5) is 0 Å². The number of ether oxygens (including phenoxy) is 1. The summed E-state index contributed by atoms with van der Waals surface area (Å²) in [5, 5.41) is 9.28. The van der Waals surface area contributed by atoms with E-state index in [1.807, 2.05) is 0 Å². The molecule has 0 aliphatic carbocycles. The molecule has 1 rings (SSSR count). The second-order valence-electron chi connectivity index (χ2n) is 2.53. The van der Waals surface area contributed by atoms with Crippen molar-refractivity contribution in [2.75, 3.05) is 0 Å². The zero-order valence-corrected chi connectivity index (χ0v) is 8.67. The molecule has 0 atom stereocenters. The van der Waals surface area contributed by atoms with E-state index in [4.69, 9.17) is 4.74 Å². The summed E-state index contributed by atoms with van der Waals surface area (Å²) in [6, 6.07) is 5.02. The Morgan fingerprint density at radius 1 is 1.62 bits per heavy atom. The number of carbonyl (C=O) groups excluding carboxylic acids is 1. The Labute approximate surface area is 84.5 Å². The van der Waals surface area contributed by atoms with Crippen LogP contribution in [0.1, 0.15) is 12.5 Å². The summed E-state index contributed by atoms with van der Waals surface area (Å²) in [5.41, 5.74) is 0.746. The molecule has 0 aliphatic rings. The molecule has 0 heterocycles. The van der Waals surface area contributed by atoms with Crippen LogP contribution in [0.2, 0.25) is 0 Å².